The van der Waals surface area contributed by atoms with Crippen molar-refractivity contribution < 1.29 is 0 Å². The van der Waals surface area contributed by atoms with Crippen LogP contribution in [0, 0.1) is 11.8 Å². The van der Waals surface area contributed by atoms with Crippen molar-refractivity contribution >= 4 is 0 Å². The molecule has 3 nitrogen and oxygen atoms in total. The second-order valence-electron chi connectivity index (χ2n) is 6.82. The molecule has 0 aromatic carbocycles. The van der Waals surface area contributed by atoms with E-state index in [9.17, 15) is 0 Å². The summed E-state index contributed by atoms with van der Waals surface area (Å²) in [5, 5.41) is 0. The molecular weight excluding hydrogens is 234 g/mol. The average molecular weight is 267 g/mol. The van der Waals surface area contributed by atoms with Gasteiger partial charge in [-0.05, 0) is 64.7 Å². The van der Waals surface area contributed by atoms with Gasteiger partial charge in [0.15, 0.2) is 0 Å². The molecule has 2 N–H and O–H groups in total. The summed E-state index contributed by atoms with van der Waals surface area (Å²) < 4.78 is 0. The van der Waals surface area contributed by atoms with E-state index in [4.69, 9.17) is 5.73 Å². The van der Waals surface area contributed by atoms with E-state index in [1.54, 1.807) is 0 Å². The maximum Gasteiger partial charge on any atom is 0.0147 e. The highest BCUT2D eigenvalue weighted by Crippen LogP contribution is 2.35. The first-order valence-electron chi connectivity index (χ1n) is 8.31. The van der Waals surface area contributed by atoms with Gasteiger partial charge in [-0.15, -0.1) is 0 Å². The van der Waals surface area contributed by atoms with Crippen LogP contribution in [-0.2, 0) is 0 Å². The zero-order chi connectivity index (χ0) is 13.7. The van der Waals surface area contributed by atoms with Crippen LogP contribution in [0.4, 0.5) is 0 Å². The highest BCUT2D eigenvalue weighted by Gasteiger charge is 2.33. The fourth-order valence-electron chi connectivity index (χ4n) is 4.40. The first-order valence-corrected chi connectivity index (χ1v) is 8.31. The van der Waals surface area contributed by atoms with Gasteiger partial charge in [-0.1, -0.05) is 19.3 Å². The maximum absolute atomic E-state index is 5.67. The van der Waals surface area contributed by atoms with Gasteiger partial charge < -0.3 is 15.5 Å². The third-order valence-electron chi connectivity index (χ3n) is 5.29. The molecule has 3 heteroatoms. The van der Waals surface area contributed by atoms with Gasteiger partial charge in [0.25, 0.3) is 0 Å². The zero-order valence-electron chi connectivity index (χ0n) is 13.0. The van der Waals surface area contributed by atoms with Crippen molar-refractivity contribution in [3.8, 4) is 0 Å². The van der Waals surface area contributed by atoms with Gasteiger partial charge in [0, 0.05) is 19.1 Å². The molecule has 1 aliphatic heterocycles. The van der Waals surface area contributed by atoms with Gasteiger partial charge >= 0.3 is 0 Å². The lowest BCUT2D eigenvalue weighted by atomic mass is 9.75. The molecule has 2 fully saturated rings. The van der Waals surface area contributed by atoms with Crippen LogP contribution in [0.15, 0.2) is 0 Å². The summed E-state index contributed by atoms with van der Waals surface area (Å²) in [7, 11) is 4.59. The fourth-order valence-corrected chi connectivity index (χ4v) is 4.40. The third kappa shape index (κ3) is 4.17. The van der Waals surface area contributed by atoms with E-state index in [1.165, 1.54) is 58.0 Å². The minimum Gasteiger partial charge on any atom is -0.329 e. The largest absolute Gasteiger partial charge is 0.329 e. The molecule has 1 aliphatic carbocycles. The molecule has 2 rings (SSSR count). The van der Waals surface area contributed by atoms with Crippen LogP contribution < -0.4 is 5.73 Å². The summed E-state index contributed by atoms with van der Waals surface area (Å²) in [4.78, 5) is 5.07. The number of hydrogen-bond donors (Lipinski definition) is 1. The Morgan fingerprint density at radius 2 is 1.58 bits per heavy atom. The van der Waals surface area contributed by atoms with Gasteiger partial charge in [-0.3, -0.25) is 0 Å². The van der Waals surface area contributed by atoms with Gasteiger partial charge in [0.05, 0.1) is 0 Å². The summed E-state index contributed by atoms with van der Waals surface area (Å²) in [6.07, 6.45) is 10.1. The minimum absolute atomic E-state index is 0.810. The Kier molecular flexibility index (Phi) is 6.11. The van der Waals surface area contributed by atoms with E-state index in [1.807, 2.05) is 0 Å². The molecule has 1 unspecified atom stereocenters. The molecule has 1 atom stereocenters. The molecule has 112 valence electrons. The zero-order valence-corrected chi connectivity index (χ0v) is 13.0. The summed E-state index contributed by atoms with van der Waals surface area (Å²) >= 11 is 0. The first kappa shape index (κ1) is 15.3. The first-order chi connectivity index (χ1) is 9.22. The highest BCUT2D eigenvalue weighted by molar-refractivity contribution is 4.88. The summed E-state index contributed by atoms with van der Waals surface area (Å²) in [6.45, 7) is 4.42. The van der Waals surface area contributed by atoms with E-state index in [-0.39, 0.29) is 0 Å². The van der Waals surface area contributed by atoms with Crippen LogP contribution in [0.5, 0.6) is 0 Å². The molecule has 0 amide bonds. The van der Waals surface area contributed by atoms with Crippen molar-refractivity contribution in [3.05, 3.63) is 0 Å². The van der Waals surface area contributed by atoms with Gasteiger partial charge in [0.1, 0.15) is 0 Å². The number of nitrogens with two attached hydrogens (primary N) is 1. The molecule has 0 radical (unpaired) electrons. The standard InChI is InChI=1S/C16H33N3/c1-18(2)16(14-6-4-3-5-7-14)15-8-11-19(12-9-15)13-10-17/h14-16H,3-13,17H2,1-2H3. The monoisotopic (exact) mass is 267 g/mol. The van der Waals surface area contributed by atoms with Crippen LogP contribution in [-0.4, -0.2) is 56.1 Å². The van der Waals surface area contributed by atoms with Crippen LogP contribution in [0.25, 0.3) is 0 Å². The Balaban J connectivity index is 1.89. The Bertz CT molecular complexity index is 240. The van der Waals surface area contributed by atoms with E-state index < -0.39 is 0 Å². The molecule has 0 spiro atoms. The van der Waals surface area contributed by atoms with E-state index in [0.29, 0.717) is 0 Å². The lowest BCUT2D eigenvalue weighted by Crippen LogP contribution is -2.47. The highest BCUT2D eigenvalue weighted by atomic mass is 15.1. The SMILES string of the molecule is CN(C)C(C1CCCCC1)C1CCN(CCN)CC1. The van der Waals surface area contributed by atoms with Crippen molar-refractivity contribution in [1.29, 1.82) is 0 Å². The molecule has 19 heavy (non-hydrogen) atoms. The maximum atomic E-state index is 5.67. The Morgan fingerprint density at radius 1 is 1.00 bits per heavy atom. The Morgan fingerprint density at radius 3 is 2.11 bits per heavy atom. The lowest BCUT2D eigenvalue weighted by molar-refractivity contribution is 0.0676. The number of likely N-dealkylation sites (tertiary alicyclic amines) is 1. The summed E-state index contributed by atoms with van der Waals surface area (Å²) in [6, 6.07) is 0.820. The topological polar surface area (TPSA) is 32.5 Å². The summed E-state index contributed by atoms with van der Waals surface area (Å²) in [5.74, 6) is 1.86. The van der Waals surface area contributed by atoms with E-state index in [2.05, 4.69) is 23.9 Å². The summed E-state index contributed by atoms with van der Waals surface area (Å²) in [5.41, 5.74) is 5.67. The van der Waals surface area contributed by atoms with Crippen molar-refractivity contribution in [1.82, 2.24) is 9.80 Å². The average Bonchev–Trinajstić information content (AvgIpc) is 2.42. The Hall–Kier alpha value is -0.120. The predicted molar refractivity (Wildman–Crippen MR) is 82.3 cm³/mol. The molecule has 0 aromatic heterocycles. The second kappa shape index (κ2) is 7.61. The number of hydrogen-bond acceptors (Lipinski definition) is 3. The molecule has 1 saturated heterocycles. The lowest BCUT2D eigenvalue weighted by Gasteiger charge is -2.43. The fraction of sp³-hybridized carbons (Fsp3) is 1.00. The number of rotatable bonds is 5. The van der Waals surface area contributed by atoms with Crippen LogP contribution in [0.1, 0.15) is 44.9 Å². The van der Waals surface area contributed by atoms with Crippen LogP contribution in [0.2, 0.25) is 0 Å². The van der Waals surface area contributed by atoms with E-state index in [0.717, 1.165) is 31.0 Å². The number of nitrogens with zero attached hydrogens (tertiary/aromatic N) is 2. The van der Waals surface area contributed by atoms with Crippen molar-refractivity contribution in [2.24, 2.45) is 17.6 Å². The van der Waals surface area contributed by atoms with Gasteiger partial charge in [-0.2, -0.15) is 0 Å². The van der Waals surface area contributed by atoms with Crippen molar-refractivity contribution in [2.75, 3.05) is 40.3 Å². The van der Waals surface area contributed by atoms with Crippen LogP contribution in [0.3, 0.4) is 0 Å². The van der Waals surface area contributed by atoms with Gasteiger partial charge in [-0.25, -0.2) is 0 Å². The normalized spacial score (nSPS) is 25.9. The van der Waals surface area contributed by atoms with Crippen molar-refractivity contribution in [2.45, 2.75) is 51.0 Å². The molecule has 1 saturated carbocycles. The Labute approximate surface area is 119 Å². The molecular formula is C16H33N3. The quantitative estimate of drug-likeness (QED) is 0.828. The second-order valence-corrected chi connectivity index (χ2v) is 6.82. The predicted octanol–water partition coefficient (Wildman–Crippen LogP) is 2.17. The molecule has 1 heterocycles. The number of piperidine rings is 1. The molecule has 0 aromatic rings. The van der Waals surface area contributed by atoms with E-state index >= 15 is 0 Å². The minimum atomic E-state index is 0.810. The molecule has 2 aliphatic rings. The van der Waals surface area contributed by atoms with Gasteiger partial charge in [0.2, 0.25) is 0 Å². The third-order valence-corrected chi connectivity index (χ3v) is 5.29. The van der Waals surface area contributed by atoms with Crippen LogP contribution >= 0.6 is 0 Å². The smallest absolute Gasteiger partial charge is 0.0147 e. The van der Waals surface area contributed by atoms with Crippen molar-refractivity contribution in [3.63, 3.8) is 0 Å². The molecule has 0 bridgehead atoms.